The molecule has 0 aliphatic rings. The summed E-state index contributed by atoms with van der Waals surface area (Å²) in [4.78, 5) is 11.4. The van der Waals surface area contributed by atoms with Gasteiger partial charge in [0.25, 0.3) is 0 Å². The van der Waals surface area contributed by atoms with Crippen LogP contribution in [0.2, 0.25) is 0 Å². The van der Waals surface area contributed by atoms with Crippen LogP contribution in [0, 0.1) is 5.82 Å². The molecule has 0 atom stereocenters. The first-order valence-corrected chi connectivity index (χ1v) is 8.19. The average Bonchev–Trinajstić information content (AvgIpc) is 2.81. The number of sulfonamides is 1. The summed E-state index contributed by atoms with van der Waals surface area (Å²) < 4.78 is 46.7. The number of aryl methyl sites for hydroxylation is 1. The maximum atomic E-state index is 13.5. The lowest BCUT2D eigenvalue weighted by Gasteiger charge is -2.07. The van der Waals surface area contributed by atoms with E-state index in [0.29, 0.717) is 5.52 Å². The summed E-state index contributed by atoms with van der Waals surface area (Å²) in [6.45, 7) is -0.175. The summed E-state index contributed by atoms with van der Waals surface area (Å²) in [7, 11) is -2.33. The van der Waals surface area contributed by atoms with Crippen molar-refractivity contribution in [2.24, 2.45) is 7.05 Å². The van der Waals surface area contributed by atoms with E-state index in [1.54, 1.807) is 6.07 Å². The van der Waals surface area contributed by atoms with Gasteiger partial charge in [0.15, 0.2) is 5.58 Å². The summed E-state index contributed by atoms with van der Waals surface area (Å²) in [5, 5.41) is 0. The number of fused-ring (bicyclic) bond motifs is 1. The molecular weight excluding hydrogens is 323 g/mol. The van der Waals surface area contributed by atoms with E-state index in [9.17, 15) is 17.6 Å². The van der Waals surface area contributed by atoms with Gasteiger partial charge in [0, 0.05) is 25.2 Å². The normalized spacial score (nSPS) is 11.9. The average molecular weight is 336 g/mol. The van der Waals surface area contributed by atoms with E-state index in [4.69, 9.17) is 4.42 Å². The molecule has 3 rings (SSSR count). The number of hydrogen-bond acceptors (Lipinski definition) is 4. The SMILES string of the molecule is Cn1c(=O)oc2cc(S(=O)(=O)NCc3ccccc3F)ccc21. The number of nitrogens with zero attached hydrogens (tertiary/aromatic N) is 1. The van der Waals surface area contributed by atoms with E-state index in [0.717, 1.165) is 0 Å². The highest BCUT2D eigenvalue weighted by atomic mass is 32.2. The lowest BCUT2D eigenvalue weighted by molar-refractivity contribution is 0.527. The molecule has 0 bridgehead atoms. The predicted molar refractivity (Wildman–Crippen MR) is 81.9 cm³/mol. The molecule has 0 unspecified atom stereocenters. The Hall–Kier alpha value is -2.45. The minimum absolute atomic E-state index is 0.0595. The van der Waals surface area contributed by atoms with E-state index in [1.807, 2.05) is 0 Å². The first-order valence-electron chi connectivity index (χ1n) is 6.71. The number of nitrogens with one attached hydrogen (secondary N) is 1. The van der Waals surface area contributed by atoms with Gasteiger partial charge in [0.1, 0.15) is 5.82 Å². The van der Waals surface area contributed by atoms with Crippen LogP contribution in [-0.2, 0) is 23.6 Å². The molecule has 0 saturated heterocycles. The van der Waals surface area contributed by atoms with E-state index in [1.165, 1.54) is 48.0 Å². The highest BCUT2D eigenvalue weighted by Crippen LogP contribution is 2.18. The van der Waals surface area contributed by atoms with Crippen molar-refractivity contribution in [1.82, 2.24) is 9.29 Å². The molecule has 0 radical (unpaired) electrons. The van der Waals surface area contributed by atoms with Gasteiger partial charge in [-0.3, -0.25) is 4.57 Å². The molecule has 1 heterocycles. The number of rotatable bonds is 4. The van der Waals surface area contributed by atoms with Gasteiger partial charge in [-0.1, -0.05) is 18.2 Å². The largest absolute Gasteiger partial charge is 0.419 e. The minimum atomic E-state index is -3.86. The summed E-state index contributed by atoms with van der Waals surface area (Å²) in [5.41, 5.74) is 0.901. The summed E-state index contributed by atoms with van der Waals surface area (Å²) in [6.07, 6.45) is 0. The summed E-state index contributed by atoms with van der Waals surface area (Å²) in [6, 6.07) is 10.0. The van der Waals surface area contributed by atoms with E-state index in [2.05, 4.69) is 4.72 Å². The zero-order valence-electron chi connectivity index (χ0n) is 12.1. The van der Waals surface area contributed by atoms with Crippen LogP contribution in [0.5, 0.6) is 0 Å². The second kappa shape index (κ2) is 5.64. The van der Waals surface area contributed by atoms with Crippen LogP contribution in [0.15, 0.2) is 56.6 Å². The Morgan fingerprint density at radius 2 is 1.96 bits per heavy atom. The van der Waals surface area contributed by atoms with Crippen LogP contribution in [0.1, 0.15) is 5.56 Å². The van der Waals surface area contributed by atoms with Crippen molar-refractivity contribution >= 4 is 21.1 Å². The third-order valence-electron chi connectivity index (χ3n) is 3.48. The van der Waals surface area contributed by atoms with Gasteiger partial charge in [0.2, 0.25) is 10.0 Å². The van der Waals surface area contributed by atoms with Gasteiger partial charge in [-0.25, -0.2) is 22.3 Å². The molecule has 0 aliphatic carbocycles. The first-order chi connectivity index (χ1) is 10.9. The third-order valence-corrected chi connectivity index (χ3v) is 4.88. The summed E-state index contributed by atoms with van der Waals surface area (Å²) in [5.74, 6) is -1.06. The molecule has 0 saturated carbocycles. The number of oxazole rings is 1. The number of benzene rings is 2. The molecule has 23 heavy (non-hydrogen) atoms. The van der Waals surface area contributed by atoms with Gasteiger partial charge in [-0.05, 0) is 18.2 Å². The van der Waals surface area contributed by atoms with Crippen molar-refractivity contribution in [3.05, 3.63) is 64.4 Å². The molecule has 120 valence electrons. The van der Waals surface area contributed by atoms with Gasteiger partial charge < -0.3 is 4.42 Å². The second-order valence-electron chi connectivity index (χ2n) is 4.97. The quantitative estimate of drug-likeness (QED) is 0.787. The monoisotopic (exact) mass is 336 g/mol. The molecule has 1 aromatic heterocycles. The standard InChI is InChI=1S/C15H13FN2O4S/c1-18-13-7-6-11(8-14(13)22-15(18)19)23(20,21)17-9-10-4-2-3-5-12(10)16/h2-8,17H,9H2,1H3. The van der Waals surface area contributed by atoms with Crippen molar-refractivity contribution in [3.8, 4) is 0 Å². The van der Waals surface area contributed by atoms with Crippen LogP contribution < -0.4 is 10.5 Å². The Kier molecular flexibility index (Phi) is 3.78. The van der Waals surface area contributed by atoms with Gasteiger partial charge in [-0.15, -0.1) is 0 Å². The fourth-order valence-electron chi connectivity index (χ4n) is 2.18. The number of aromatic nitrogens is 1. The van der Waals surface area contributed by atoms with Crippen molar-refractivity contribution in [1.29, 1.82) is 0 Å². The van der Waals surface area contributed by atoms with Gasteiger partial charge in [0.05, 0.1) is 10.4 Å². The van der Waals surface area contributed by atoms with Crippen LogP contribution in [0.4, 0.5) is 4.39 Å². The Morgan fingerprint density at radius 3 is 2.70 bits per heavy atom. The highest BCUT2D eigenvalue weighted by Gasteiger charge is 2.17. The second-order valence-corrected chi connectivity index (χ2v) is 6.74. The molecule has 3 aromatic rings. The Bertz CT molecular complexity index is 1040. The Labute approximate surface area is 131 Å². The maximum Gasteiger partial charge on any atom is 0.419 e. The number of halogens is 1. The zero-order valence-corrected chi connectivity index (χ0v) is 12.9. The molecule has 0 fully saturated rings. The molecule has 8 heteroatoms. The maximum absolute atomic E-state index is 13.5. The molecule has 1 N–H and O–H groups in total. The lowest BCUT2D eigenvalue weighted by Crippen LogP contribution is -2.23. The molecule has 0 spiro atoms. The lowest BCUT2D eigenvalue weighted by atomic mass is 10.2. The van der Waals surface area contributed by atoms with Crippen molar-refractivity contribution in [3.63, 3.8) is 0 Å². The van der Waals surface area contributed by atoms with E-state index >= 15 is 0 Å². The van der Waals surface area contributed by atoms with Crippen LogP contribution in [-0.4, -0.2) is 13.0 Å². The number of hydrogen-bond donors (Lipinski definition) is 1. The minimum Gasteiger partial charge on any atom is -0.408 e. The molecule has 0 amide bonds. The molecule has 2 aromatic carbocycles. The highest BCUT2D eigenvalue weighted by molar-refractivity contribution is 7.89. The van der Waals surface area contributed by atoms with Crippen molar-refractivity contribution < 1.29 is 17.2 Å². The Balaban J connectivity index is 1.90. The third kappa shape index (κ3) is 2.90. The molecule has 0 aliphatic heterocycles. The van der Waals surface area contributed by atoms with E-state index < -0.39 is 21.6 Å². The van der Waals surface area contributed by atoms with E-state index in [-0.39, 0.29) is 22.6 Å². The van der Waals surface area contributed by atoms with Crippen LogP contribution in [0.3, 0.4) is 0 Å². The Morgan fingerprint density at radius 1 is 1.22 bits per heavy atom. The van der Waals surface area contributed by atoms with Gasteiger partial charge >= 0.3 is 5.76 Å². The van der Waals surface area contributed by atoms with Crippen molar-refractivity contribution in [2.75, 3.05) is 0 Å². The topological polar surface area (TPSA) is 81.3 Å². The fourth-order valence-corrected chi connectivity index (χ4v) is 3.20. The van der Waals surface area contributed by atoms with Crippen molar-refractivity contribution in [2.45, 2.75) is 11.4 Å². The van der Waals surface area contributed by atoms with Crippen LogP contribution >= 0.6 is 0 Å². The zero-order chi connectivity index (χ0) is 16.6. The van der Waals surface area contributed by atoms with Crippen LogP contribution in [0.25, 0.3) is 11.1 Å². The first kappa shape index (κ1) is 15.4. The smallest absolute Gasteiger partial charge is 0.408 e. The molecular formula is C15H13FN2O4S. The molecule has 6 nitrogen and oxygen atoms in total. The summed E-state index contributed by atoms with van der Waals surface area (Å²) >= 11 is 0. The predicted octanol–water partition coefficient (Wildman–Crippen LogP) is 1.75. The fraction of sp³-hybridized carbons (Fsp3) is 0.133. The van der Waals surface area contributed by atoms with Gasteiger partial charge in [-0.2, -0.15) is 0 Å².